The Morgan fingerprint density at radius 2 is 2.00 bits per heavy atom. The summed E-state index contributed by atoms with van der Waals surface area (Å²) in [5.74, 6) is 1.04. The van der Waals surface area contributed by atoms with E-state index in [4.69, 9.17) is 21.6 Å². The number of halogens is 1. The van der Waals surface area contributed by atoms with E-state index in [0.29, 0.717) is 17.2 Å². The minimum absolute atomic E-state index is 0.245. The second-order valence-electron chi connectivity index (χ2n) is 4.00. The van der Waals surface area contributed by atoms with Crippen LogP contribution in [0.4, 0.5) is 0 Å². The third-order valence-corrected chi connectivity index (χ3v) is 2.65. The molecule has 0 fully saturated rings. The summed E-state index contributed by atoms with van der Waals surface area (Å²) in [4.78, 5) is 4.04. The van der Waals surface area contributed by atoms with Crippen LogP contribution in [0.5, 0.6) is 11.6 Å². The van der Waals surface area contributed by atoms with E-state index in [0.717, 1.165) is 11.1 Å². The van der Waals surface area contributed by atoms with E-state index in [1.54, 1.807) is 6.07 Å². The first-order valence-corrected chi connectivity index (χ1v) is 5.79. The zero-order chi connectivity index (χ0) is 13.1. The quantitative estimate of drug-likeness (QED) is 0.765. The van der Waals surface area contributed by atoms with E-state index in [2.05, 4.69) is 4.98 Å². The normalized spacial score (nSPS) is 9.89. The van der Waals surface area contributed by atoms with Crippen molar-refractivity contribution in [1.29, 1.82) is 5.26 Å². The van der Waals surface area contributed by atoms with Gasteiger partial charge in [0.15, 0.2) is 0 Å². The number of aromatic nitrogens is 1. The van der Waals surface area contributed by atoms with Gasteiger partial charge in [0.1, 0.15) is 10.9 Å². The van der Waals surface area contributed by atoms with Crippen LogP contribution in [-0.4, -0.2) is 4.98 Å². The van der Waals surface area contributed by atoms with Gasteiger partial charge in [-0.15, -0.1) is 0 Å². The summed E-state index contributed by atoms with van der Waals surface area (Å²) in [7, 11) is 0. The Balaban J connectivity index is 2.37. The van der Waals surface area contributed by atoms with Crippen LogP contribution in [0.25, 0.3) is 0 Å². The van der Waals surface area contributed by atoms with Crippen molar-refractivity contribution in [3.05, 3.63) is 52.2 Å². The number of nitrogens with zero attached hydrogens (tertiary/aromatic N) is 2. The van der Waals surface area contributed by atoms with Crippen molar-refractivity contribution in [1.82, 2.24) is 4.98 Å². The van der Waals surface area contributed by atoms with Gasteiger partial charge in [0.25, 0.3) is 0 Å². The molecule has 1 heterocycles. The summed E-state index contributed by atoms with van der Waals surface area (Å²) in [5, 5.41) is 9.10. The minimum Gasteiger partial charge on any atom is -0.439 e. The molecular formula is C14H11ClN2O. The fourth-order valence-corrected chi connectivity index (χ4v) is 1.72. The lowest BCUT2D eigenvalue weighted by Crippen LogP contribution is -1.92. The number of aryl methyl sites for hydroxylation is 2. The van der Waals surface area contributed by atoms with Gasteiger partial charge in [-0.25, -0.2) is 4.98 Å². The lowest BCUT2D eigenvalue weighted by molar-refractivity contribution is 0.459. The summed E-state index contributed by atoms with van der Waals surface area (Å²) < 4.78 is 5.67. The van der Waals surface area contributed by atoms with Crippen LogP contribution in [0.3, 0.4) is 0 Å². The fourth-order valence-electron chi connectivity index (χ4n) is 1.52. The number of benzene rings is 1. The molecule has 4 heteroatoms. The predicted octanol–water partition coefficient (Wildman–Crippen LogP) is 4.02. The lowest BCUT2D eigenvalue weighted by atomic mass is 10.1. The summed E-state index contributed by atoms with van der Waals surface area (Å²) in [6.07, 6.45) is 0. The molecule has 1 aromatic heterocycles. The van der Waals surface area contributed by atoms with Gasteiger partial charge in [0.2, 0.25) is 5.88 Å². The number of hydrogen-bond donors (Lipinski definition) is 0. The molecule has 1 aromatic carbocycles. The highest BCUT2D eigenvalue weighted by Crippen LogP contribution is 2.26. The Hall–Kier alpha value is -2.05. The molecule has 0 spiro atoms. The van der Waals surface area contributed by atoms with E-state index in [-0.39, 0.29) is 5.15 Å². The van der Waals surface area contributed by atoms with Gasteiger partial charge in [-0.3, -0.25) is 0 Å². The molecule has 0 aliphatic heterocycles. The highest BCUT2D eigenvalue weighted by Gasteiger charge is 2.06. The van der Waals surface area contributed by atoms with Gasteiger partial charge in [-0.2, -0.15) is 5.26 Å². The molecule has 0 aliphatic carbocycles. The summed E-state index contributed by atoms with van der Waals surface area (Å²) in [6, 6.07) is 11.0. The third-order valence-electron chi connectivity index (χ3n) is 2.46. The predicted molar refractivity (Wildman–Crippen MR) is 70.0 cm³/mol. The second-order valence-corrected chi connectivity index (χ2v) is 4.39. The van der Waals surface area contributed by atoms with Crippen LogP contribution >= 0.6 is 11.6 Å². The van der Waals surface area contributed by atoms with E-state index >= 15 is 0 Å². The molecule has 18 heavy (non-hydrogen) atoms. The summed E-state index contributed by atoms with van der Waals surface area (Å²) in [5.41, 5.74) is 2.52. The van der Waals surface area contributed by atoms with Crippen LogP contribution in [-0.2, 0) is 0 Å². The average Bonchev–Trinajstić information content (AvgIpc) is 2.33. The maximum absolute atomic E-state index is 8.86. The Morgan fingerprint density at radius 1 is 1.22 bits per heavy atom. The Labute approximate surface area is 111 Å². The number of nitriles is 1. The smallest absolute Gasteiger partial charge is 0.221 e. The van der Waals surface area contributed by atoms with Crippen LogP contribution in [0.1, 0.15) is 16.7 Å². The molecule has 0 bridgehead atoms. The van der Waals surface area contributed by atoms with Gasteiger partial charge in [0, 0.05) is 6.07 Å². The van der Waals surface area contributed by atoms with Crippen LogP contribution in [0.15, 0.2) is 30.3 Å². The van der Waals surface area contributed by atoms with Gasteiger partial charge < -0.3 is 4.74 Å². The Bertz CT molecular complexity index is 632. The molecule has 0 saturated carbocycles. The summed E-state index contributed by atoms with van der Waals surface area (Å²) in [6.45, 7) is 3.93. The van der Waals surface area contributed by atoms with E-state index in [9.17, 15) is 0 Å². The molecule has 0 radical (unpaired) electrons. The Kier molecular flexibility index (Phi) is 3.50. The number of ether oxygens (including phenoxy) is 1. The average molecular weight is 259 g/mol. The standard InChI is InChI=1S/C14H11ClN2O/c1-9-3-4-10(2)12(5-9)18-14-7-11(8-16)6-13(15)17-14/h3-7H,1-2H3. The highest BCUT2D eigenvalue weighted by molar-refractivity contribution is 6.29. The van der Waals surface area contributed by atoms with Crippen LogP contribution in [0, 0.1) is 25.2 Å². The van der Waals surface area contributed by atoms with Gasteiger partial charge in [-0.05, 0) is 37.1 Å². The number of pyridine rings is 1. The van der Waals surface area contributed by atoms with Crippen molar-refractivity contribution < 1.29 is 4.74 Å². The van der Waals surface area contributed by atoms with Crippen molar-refractivity contribution in [3.8, 4) is 17.7 Å². The van der Waals surface area contributed by atoms with Gasteiger partial charge in [-0.1, -0.05) is 23.7 Å². The fraction of sp³-hybridized carbons (Fsp3) is 0.143. The van der Waals surface area contributed by atoms with Crippen molar-refractivity contribution in [2.75, 3.05) is 0 Å². The maximum Gasteiger partial charge on any atom is 0.221 e. The zero-order valence-electron chi connectivity index (χ0n) is 10.1. The molecule has 3 nitrogen and oxygen atoms in total. The molecule has 2 aromatic rings. The van der Waals surface area contributed by atoms with Crippen molar-refractivity contribution in [2.24, 2.45) is 0 Å². The van der Waals surface area contributed by atoms with Crippen LogP contribution < -0.4 is 4.74 Å². The molecule has 0 saturated heterocycles. The monoisotopic (exact) mass is 258 g/mol. The first-order valence-electron chi connectivity index (χ1n) is 5.41. The highest BCUT2D eigenvalue weighted by atomic mass is 35.5. The van der Waals surface area contributed by atoms with Crippen molar-refractivity contribution >= 4 is 11.6 Å². The first kappa shape index (κ1) is 12.4. The van der Waals surface area contributed by atoms with Crippen molar-refractivity contribution in [3.63, 3.8) is 0 Å². The molecular weight excluding hydrogens is 248 g/mol. The van der Waals surface area contributed by atoms with Gasteiger partial charge in [0.05, 0.1) is 11.6 Å². The van der Waals surface area contributed by atoms with E-state index in [1.165, 1.54) is 6.07 Å². The zero-order valence-corrected chi connectivity index (χ0v) is 10.8. The van der Waals surface area contributed by atoms with Crippen molar-refractivity contribution in [2.45, 2.75) is 13.8 Å². The molecule has 0 N–H and O–H groups in total. The van der Waals surface area contributed by atoms with Crippen LogP contribution in [0.2, 0.25) is 5.15 Å². The molecule has 0 unspecified atom stereocenters. The first-order chi connectivity index (χ1) is 8.58. The molecule has 2 rings (SSSR count). The van der Waals surface area contributed by atoms with E-state index < -0.39 is 0 Å². The topological polar surface area (TPSA) is 45.9 Å². The second kappa shape index (κ2) is 5.07. The summed E-state index contributed by atoms with van der Waals surface area (Å²) >= 11 is 5.82. The van der Waals surface area contributed by atoms with Gasteiger partial charge >= 0.3 is 0 Å². The van der Waals surface area contributed by atoms with E-state index in [1.807, 2.05) is 38.1 Å². The SMILES string of the molecule is Cc1ccc(C)c(Oc2cc(C#N)cc(Cl)n2)c1. The molecule has 90 valence electrons. The Morgan fingerprint density at radius 3 is 2.72 bits per heavy atom. The maximum atomic E-state index is 8.86. The number of hydrogen-bond acceptors (Lipinski definition) is 3. The third kappa shape index (κ3) is 2.79. The molecule has 0 atom stereocenters. The lowest BCUT2D eigenvalue weighted by Gasteiger charge is -2.09. The molecule has 0 aliphatic rings. The minimum atomic E-state index is 0.245. The number of rotatable bonds is 2. The largest absolute Gasteiger partial charge is 0.439 e. The molecule has 0 amide bonds.